The van der Waals surface area contributed by atoms with E-state index in [1.54, 1.807) is 25.3 Å². The first-order chi connectivity index (χ1) is 13.4. The van der Waals surface area contributed by atoms with E-state index in [1.165, 1.54) is 24.3 Å². The number of urea groups is 1. The SMILES string of the molecule is CC1=NC(=O)NC(c2ccc(F)cc2)C1C(=O)Nc1cc2cn[nH]c2cc1Cl. The molecule has 3 N–H and O–H groups in total. The van der Waals surface area contributed by atoms with E-state index in [-0.39, 0.29) is 5.91 Å². The van der Waals surface area contributed by atoms with Crippen molar-refractivity contribution in [1.29, 1.82) is 0 Å². The molecule has 4 rings (SSSR count). The molecule has 1 aliphatic heterocycles. The van der Waals surface area contributed by atoms with Gasteiger partial charge in [0.15, 0.2) is 0 Å². The number of H-pyrrole nitrogens is 1. The number of carbonyl (C=O) groups excluding carboxylic acids is 2. The molecule has 0 saturated carbocycles. The van der Waals surface area contributed by atoms with Crippen LogP contribution in [0.5, 0.6) is 0 Å². The molecule has 2 heterocycles. The van der Waals surface area contributed by atoms with Crippen LogP contribution in [0.4, 0.5) is 14.9 Å². The molecule has 0 spiro atoms. The van der Waals surface area contributed by atoms with Crippen molar-refractivity contribution in [2.45, 2.75) is 13.0 Å². The van der Waals surface area contributed by atoms with Gasteiger partial charge in [-0.3, -0.25) is 9.89 Å². The fourth-order valence-corrected chi connectivity index (χ4v) is 3.49. The molecule has 3 amide bonds. The highest BCUT2D eigenvalue weighted by Gasteiger charge is 2.37. The predicted molar refractivity (Wildman–Crippen MR) is 104 cm³/mol. The van der Waals surface area contributed by atoms with Crippen LogP contribution >= 0.6 is 11.6 Å². The van der Waals surface area contributed by atoms with E-state index in [1.807, 2.05) is 0 Å². The van der Waals surface area contributed by atoms with E-state index < -0.39 is 23.8 Å². The monoisotopic (exact) mass is 399 g/mol. The molecule has 0 radical (unpaired) electrons. The Bertz CT molecular complexity index is 1110. The highest BCUT2D eigenvalue weighted by atomic mass is 35.5. The molecule has 7 nitrogen and oxygen atoms in total. The molecule has 142 valence electrons. The molecule has 0 bridgehead atoms. The molecule has 1 aromatic heterocycles. The lowest BCUT2D eigenvalue weighted by atomic mass is 9.87. The van der Waals surface area contributed by atoms with Gasteiger partial charge in [-0.15, -0.1) is 0 Å². The Hall–Kier alpha value is -3.26. The number of benzene rings is 2. The van der Waals surface area contributed by atoms with Gasteiger partial charge in [-0.05, 0) is 36.8 Å². The average molecular weight is 400 g/mol. The van der Waals surface area contributed by atoms with Crippen molar-refractivity contribution < 1.29 is 14.0 Å². The lowest BCUT2D eigenvalue weighted by Crippen LogP contribution is -2.45. The molecule has 2 atom stereocenters. The maximum atomic E-state index is 13.3. The van der Waals surface area contributed by atoms with Crippen molar-refractivity contribution in [3.63, 3.8) is 0 Å². The third kappa shape index (κ3) is 3.34. The standard InChI is InChI=1S/C19H15ClFN5O2/c1-9-16(17(25-19(28)23-9)10-2-4-12(21)5-3-10)18(27)24-15-6-11-8-22-26-14(11)7-13(15)20/h2-8,16-17H,1H3,(H,22,26)(H,24,27)(H,25,28). The molecule has 2 unspecified atom stereocenters. The van der Waals surface area contributed by atoms with E-state index in [2.05, 4.69) is 25.8 Å². The predicted octanol–water partition coefficient (Wildman–Crippen LogP) is 3.84. The first-order valence-corrected chi connectivity index (χ1v) is 8.85. The normalized spacial score (nSPS) is 19.2. The largest absolute Gasteiger partial charge is 0.341 e. The lowest BCUT2D eigenvalue weighted by molar-refractivity contribution is -0.118. The highest BCUT2D eigenvalue weighted by molar-refractivity contribution is 6.34. The summed E-state index contributed by atoms with van der Waals surface area (Å²) in [6, 6.07) is 7.77. The summed E-state index contributed by atoms with van der Waals surface area (Å²) in [4.78, 5) is 28.8. The van der Waals surface area contributed by atoms with Crippen LogP contribution in [0.1, 0.15) is 18.5 Å². The molecule has 28 heavy (non-hydrogen) atoms. The van der Waals surface area contributed by atoms with Crippen LogP contribution in [-0.2, 0) is 4.79 Å². The molecular formula is C19H15ClFN5O2. The summed E-state index contributed by atoms with van der Waals surface area (Å²) in [5, 5.41) is 13.4. The second-order valence-electron chi connectivity index (χ2n) is 6.49. The summed E-state index contributed by atoms with van der Waals surface area (Å²) < 4.78 is 13.3. The average Bonchev–Trinajstić information content (AvgIpc) is 3.09. The number of amides is 3. The van der Waals surface area contributed by atoms with Crippen molar-refractivity contribution >= 4 is 45.8 Å². The number of rotatable bonds is 3. The fraction of sp³-hybridized carbons (Fsp3) is 0.158. The number of hydrogen-bond donors (Lipinski definition) is 3. The number of nitrogens with zero attached hydrogens (tertiary/aromatic N) is 2. The minimum atomic E-state index is -0.778. The van der Waals surface area contributed by atoms with Gasteiger partial charge in [0.2, 0.25) is 5.91 Å². The summed E-state index contributed by atoms with van der Waals surface area (Å²) in [5.74, 6) is -1.57. The molecule has 2 aromatic carbocycles. The maximum Gasteiger partial charge on any atom is 0.341 e. The zero-order chi connectivity index (χ0) is 19.8. The molecule has 0 saturated heterocycles. The second kappa shape index (κ2) is 7.05. The Balaban J connectivity index is 1.67. The van der Waals surface area contributed by atoms with Gasteiger partial charge in [0, 0.05) is 11.1 Å². The number of anilines is 1. The van der Waals surface area contributed by atoms with E-state index in [4.69, 9.17) is 11.6 Å². The van der Waals surface area contributed by atoms with Crippen LogP contribution in [-0.4, -0.2) is 27.8 Å². The third-order valence-corrected chi connectivity index (χ3v) is 4.95. The summed E-state index contributed by atoms with van der Waals surface area (Å²) in [6.45, 7) is 1.61. The van der Waals surface area contributed by atoms with Crippen molar-refractivity contribution in [1.82, 2.24) is 15.5 Å². The summed E-state index contributed by atoms with van der Waals surface area (Å²) >= 11 is 6.27. The zero-order valence-electron chi connectivity index (χ0n) is 14.7. The minimum absolute atomic E-state index is 0.345. The van der Waals surface area contributed by atoms with E-state index in [9.17, 15) is 14.0 Å². The van der Waals surface area contributed by atoms with Crippen molar-refractivity contribution in [2.75, 3.05) is 5.32 Å². The van der Waals surface area contributed by atoms with Crippen molar-refractivity contribution in [3.05, 3.63) is 59.0 Å². The van der Waals surface area contributed by atoms with Crippen LogP contribution in [0, 0.1) is 11.7 Å². The number of hydrogen-bond acceptors (Lipinski definition) is 3. The highest BCUT2D eigenvalue weighted by Crippen LogP contribution is 2.31. The molecule has 0 aliphatic carbocycles. The Labute approximate surface area is 164 Å². The number of fused-ring (bicyclic) bond motifs is 1. The topological polar surface area (TPSA) is 99.2 Å². The van der Waals surface area contributed by atoms with Crippen LogP contribution in [0.2, 0.25) is 5.02 Å². The van der Waals surface area contributed by atoms with Gasteiger partial charge < -0.3 is 10.6 Å². The zero-order valence-corrected chi connectivity index (χ0v) is 15.4. The number of halogens is 2. The number of carbonyl (C=O) groups is 2. The molecule has 3 aromatic rings. The Morgan fingerprint density at radius 3 is 2.75 bits per heavy atom. The lowest BCUT2D eigenvalue weighted by Gasteiger charge is -2.30. The van der Waals surface area contributed by atoms with Crippen molar-refractivity contribution in [3.8, 4) is 0 Å². The van der Waals surface area contributed by atoms with Crippen LogP contribution in [0.15, 0.2) is 47.6 Å². The first kappa shape index (κ1) is 18.1. The second-order valence-corrected chi connectivity index (χ2v) is 6.90. The van der Waals surface area contributed by atoms with Crippen molar-refractivity contribution in [2.24, 2.45) is 10.9 Å². The Morgan fingerprint density at radius 2 is 2.00 bits per heavy atom. The quantitative estimate of drug-likeness (QED) is 0.624. The van der Waals surface area contributed by atoms with Gasteiger partial charge in [-0.25, -0.2) is 14.2 Å². The first-order valence-electron chi connectivity index (χ1n) is 8.47. The maximum absolute atomic E-state index is 13.3. The molecule has 0 fully saturated rings. The van der Waals surface area contributed by atoms with Gasteiger partial charge in [0.1, 0.15) is 11.7 Å². The third-order valence-electron chi connectivity index (χ3n) is 4.64. The van der Waals surface area contributed by atoms with E-state index >= 15 is 0 Å². The number of aliphatic imine (C=N–C) groups is 1. The smallest absolute Gasteiger partial charge is 0.328 e. The summed E-state index contributed by atoms with van der Waals surface area (Å²) in [7, 11) is 0. The molecule has 1 aliphatic rings. The van der Waals surface area contributed by atoms with Gasteiger partial charge in [0.25, 0.3) is 0 Å². The molecular weight excluding hydrogens is 385 g/mol. The van der Waals surface area contributed by atoms with Crippen LogP contribution in [0.25, 0.3) is 10.9 Å². The van der Waals surface area contributed by atoms with E-state index in [0.717, 1.165) is 10.9 Å². The Kier molecular flexibility index (Phi) is 4.56. The van der Waals surface area contributed by atoms with Crippen LogP contribution in [0.3, 0.4) is 0 Å². The minimum Gasteiger partial charge on any atom is -0.328 e. The number of aromatic amines is 1. The van der Waals surface area contributed by atoms with E-state index in [0.29, 0.717) is 22.0 Å². The van der Waals surface area contributed by atoms with Crippen LogP contribution < -0.4 is 10.6 Å². The van der Waals surface area contributed by atoms with Gasteiger partial charge in [0.05, 0.1) is 28.5 Å². The number of aromatic nitrogens is 2. The van der Waals surface area contributed by atoms with Gasteiger partial charge >= 0.3 is 6.03 Å². The fourth-order valence-electron chi connectivity index (χ4n) is 3.28. The number of nitrogens with one attached hydrogen (secondary N) is 3. The summed E-state index contributed by atoms with van der Waals surface area (Å²) in [6.07, 6.45) is 1.62. The van der Waals surface area contributed by atoms with Gasteiger partial charge in [-0.1, -0.05) is 23.7 Å². The molecule has 9 heteroatoms. The summed E-state index contributed by atoms with van der Waals surface area (Å²) in [5.41, 5.74) is 2.12. The van der Waals surface area contributed by atoms with Gasteiger partial charge in [-0.2, -0.15) is 5.10 Å². The Morgan fingerprint density at radius 1 is 1.25 bits per heavy atom.